The molecule has 0 spiro atoms. The molecule has 0 aliphatic heterocycles. The summed E-state index contributed by atoms with van der Waals surface area (Å²) >= 11 is 0. The molecule has 7 heteroatoms. The third-order valence-corrected chi connectivity index (χ3v) is 5.05. The molecule has 3 rings (SSSR count). The third-order valence-electron chi connectivity index (χ3n) is 5.05. The molecule has 1 amide bonds. The molecule has 0 aliphatic carbocycles. The van der Waals surface area contributed by atoms with Crippen molar-refractivity contribution in [3.05, 3.63) is 93.9 Å². The third kappa shape index (κ3) is 5.49. The van der Waals surface area contributed by atoms with Crippen LogP contribution in [-0.2, 0) is 9.53 Å². The Balaban J connectivity index is 1.75. The van der Waals surface area contributed by atoms with Gasteiger partial charge in [0.05, 0.1) is 11.7 Å². The highest BCUT2D eigenvalue weighted by Crippen LogP contribution is 2.18. The number of rotatable bonds is 8. The van der Waals surface area contributed by atoms with Gasteiger partial charge in [-0.1, -0.05) is 61.9 Å². The zero-order valence-electron chi connectivity index (χ0n) is 18.4. The van der Waals surface area contributed by atoms with Crippen LogP contribution >= 0.6 is 0 Å². The average molecular weight is 434 g/mol. The van der Waals surface area contributed by atoms with Gasteiger partial charge in [0.1, 0.15) is 0 Å². The van der Waals surface area contributed by atoms with Crippen molar-refractivity contribution in [1.82, 2.24) is 15.1 Å². The van der Waals surface area contributed by atoms with Gasteiger partial charge in [-0.15, -0.1) is 0 Å². The molecule has 2 unspecified atom stereocenters. The molecule has 3 aromatic rings. The largest absolute Gasteiger partial charge is 0.448 e. The highest BCUT2D eigenvalue weighted by molar-refractivity contribution is 5.90. The van der Waals surface area contributed by atoms with Crippen molar-refractivity contribution in [2.24, 2.45) is 0 Å². The van der Waals surface area contributed by atoms with Gasteiger partial charge in [-0.2, -0.15) is 5.10 Å². The van der Waals surface area contributed by atoms with E-state index in [4.69, 9.17) is 4.74 Å². The van der Waals surface area contributed by atoms with Gasteiger partial charge >= 0.3 is 5.97 Å². The van der Waals surface area contributed by atoms with E-state index in [0.29, 0.717) is 11.4 Å². The molecule has 1 heterocycles. The molecule has 166 valence electrons. The Labute approximate surface area is 187 Å². The second-order valence-corrected chi connectivity index (χ2v) is 7.55. The molecule has 2 atom stereocenters. The minimum atomic E-state index is -1.08. The Hall–Kier alpha value is -3.74. The van der Waals surface area contributed by atoms with Gasteiger partial charge in [0, 0.05) is 11.8 Å². The van der Waals surface area contributed by atoms with Crippen LogP contribution in [0.3, 0.4) is 0 Å². The van der Waals surface area contributed by atoms with E-state index in [0.717, 1.165) is 18.4 Å². The Morgan fingerprint density at radius 2 is 1.69 bits per heavy atom. The lowest BCUT2D eigenvalue weighted by atomic mass is 10.0. The normalized spacial score (nSPS) is 12.6. The molecular weight excluding hydrogens is 406 g/mol. The maximum absolute atomic E-state index is 12.7. The fourth-order valence-corrected chi connectivity index (χ4v) is 3.37. The minimum Gasteiger partial charge on any atom is -0.448 e. The predicted molar refractivity (Wildman–Crippen MR) is 122 cm³/mol. The molecule has 0 fully saturated rings. The Morgan fingerprint density at radius 1 is 1.06 bits per heavy atom. The van der Waals surface area contributed by atoms with Crippen LogP contribution in [0.5, 0.6) is 0 Å². The molecule has 0 aliphatic rings. The van der Waals surface area contributed by atoms with Crippen LogP contribution in [-0.4, -0.2) is 27.8 Å². The quantitative estimate of drug-likeness (QED) is 0.547. The first-order valence-corrected chi connectivity index (χ1v) is 10.6. The van der Waals surface area contributed by atoms with Crippen LogP contribution in [0.4, 0.5) is 0 Å². The van der Waals surface area contributed by atoms with E-state index in [1.54, 1.807) is 6.92 Å². The molecule has 0 radical (unpaired) electrons. The van der Waals surface area contributed by atoms with Crippen molar-refractivity contribution in [1.29, 1.82) is 0 Å². The summed E-state index contributed by atoms with van der Waals surface area (Å²) in [4.78, 5) is 37.8. The average Bonchev–Trinajstić information content (AvgIpc) is 2.79. The lowest BCUT2D eigenvalue weighted by molar-refractivity contribution is -0.130. The highest BCUT2D eigenvalue weighted by atomic mass is 16.5. The number of esters is 1. The van der Waals surface area contributed by atoms with E-state index in [1.807, 2.05) is 67.6 Å². The van der Waals surface area contributed by atoms with E-state index in [2.05, 4.69) is 10.4 Å². The number of carbonyl (C=O) groups excluding carboxylic acids is 2. The van der Waals surface area contributed by atoms with Gasteiger partial charge < -0.3 is 10.1 Å². The summed E-state index contributed by atoms with van der Waals surface area (Å²) in [6.45, 7) is 5.24. The molecule has 1 N–H and O–H groups in total. The predicted octanol–water partition coefficient (Wildman–Crippen LogP) is 3.74. The Bertz CT molecular complexity index is 1130. The highest BCUT2D eigenvalue weighted by Gasteiger charge is 2.25. The van der Waals surface area contributed by atoms with E-state index < -0.39 is 23.4 Å². The lowest BCUT2D eigenvalue weighted by Crippen LogP contribution is -2.39. The first-order valence-electron chi connectivity index (χ1n) is 10.6. The standard InChI is InChI=1S/C25H27N3O4/c1-4-11-21(19-12-7-5-8-13-19)26-24(30)18(3)32-25(31)23-22(29)16-17(2)28(27-23)20-14-9-6-10-15-20/h5-10,12-16,18,21H,4,11H2,1-3H3,(H,26,30). The molecule has 2 aromatic carbocycles. The summed E-state index contributed by atoms with van der Waals surface area (Å²) in [5.41, 5.74) is 1.34. The van der Waals surface area contributed by atoms with Crippen LogP contribution < -0.4 is 10.7 Å². The summed E-state index contributed by atoms with van der Waals surface area (Å²) in [7, 11) is 0. The van der Waals surface area contributed by atoms with Crippen LogP contribution in [0.2, 0.25) is 0 Å². The summed E-state index contributed by atoms with van der Waals surface area (Å²) in [5, 5.41) is 7.12. The first kappa shape index (κ1) is 22.9. The van der Waals surface area contributed by atoms with Crippen LogP contribution in [0.25, 0.3) is 5.69 Å². The van der Waals surface area contributed by atoms with Crippen molar-refractivity contribution < 1.29 is 14.3 Å². The molecule has 7 nitrogen and oxygen atoms in total. The summed E-state index contributed by atoms with van der Waals surface area (Å²) in [5.74, 6) is -1.37. The number of hydrogen-bond donors (Lipinski definition) is 1. The fraction of sp³-hybridized carbons (Fsp3) is 0.280. The maximum Gasteiger partial charge on any atom is 0.363 e. The Morgan fingerprint density at radius 3 is 2.31 bits per heavy atom. The van der Waals surface area contributed by atoms with E-state index in [-0.39, 0.29) is 11.7 Å². The zero-order valence-corrected chi connectivity index (χ0v) is 18.4. The van der Waals surface area contributed by atoms with E-state index >= 15 is 0 Å². The lowest BCUT2D eigenvalue weighted by Gasteiger charge is -2.21. The number of nitrogens with one attached hydrogen (secondary N) is 1. The van der Waals surface area contributed by atoms with Crippen LogP contribution in [0.15, 0.2) is 71.5 Å². The molecule has 32 heavy (non-hydrogen) atoms. The first-order chi connectivity index (χ1) is 15.4. The second kappa shape index (κ2) is 10.5. The second-order valence-electron chi connectivity index (χ2n) is 7.55. The topological polar surface area (TPSA) is 90.3 Å². The fourth-order valence-electron chi connectivity index (χ4n) is 3.37. The number of aromatic nitrogens is 2. The smallest absolute Gasteiger partial charge is 0.363 e. The van der Waals surface area contributed by atoms with Gasteiger partial charge in [0.25, 0.3) is 5.91 Å². The number of para-hydroxylation sites is 1. The maximum atomic E-state index is 12.7. The summed E-state index contributed by atoms with van der Waals surface area (Å²) in [6, 6.07) is 19.9. The number of hydrogen-bond acceptors (Lipinski definition) is 5. The number of benzene rings is 2. The summed E-state index contributed by atoms with van der Waals surface area (Å²) in [6.07, 6.45) is 0.538. The van der Waals surface area contributed by atoms with Gasteiger partial charge in [0.2, 0.25) is 11.1 Å². The van der Waals surface area contributed by atoms with Crippen molar-refractivity contribution in [3.8, 4) is 5.69 Å². The molecule has 0 bridgehead atoms. The van der Waals surface area contributed by atoms with Crippen molar-refractivity contribution in [3.63, 3.8) is 0 Å². The zero-order chi connectivity index (χ0) is 23.1. The number of nitrogens with zero attached hydrogens (tertiary/aromatic N) is 2. The monoisotopic (exact) mass is 433 g/mol. The van der Waals surface area contributed by atoms with Gasteiger partial charge in [0.15, 0.2) is 6.10 Å². The van der Waals surface area contributed by atoms with Gasteiger partial charge in [-0.05, 0) is 38.0 Å². The van der Waals surface area contributed by atoms with Gasteiger partial charge in [-0.25, -0.2) is 9.48 Å². The van der Waals surface area contributed by atoms with Crippen molar-refractivity contribution >= 4 is 11.9 Å². The molecule has 0 saturated carbocycles. The van der Waals surface area contributed by atoms with Crippen LogP contribution in [0.1, 0.15) is 54.5 Å². The van der Waals surface area contributed by atoms with Crippen molar-refractivity contribution in [2.45, 2.75) is 45.8 Å². The van der Waals surface area contributed by atoms with Crippen LogP contribution in [0, 0.1) is 6.92 Å². The number of ether oxygens (including phenoxy) is 1. The van der Waals surface area contributed by atoms with Crippen molar-refractivity contribution in [2.75, 3.05) is 0 Å². The van der Waals surface area contributed by atoms with E-state index in [1.165, 1.54) is 17.7 Å². The van der Waals surface area contributed by atoms with Gasteiger partial charge in [-0.3, -0.25) is 9.59 Å². The molecular formula is C25H27N3O4. The SMILES string of the molecule is CCCC(NC(=O)C(C)OC(=O)c1nn(-c2ccccc2)c(C)cc1=O)c1ccccc1. The molecule has 1 aromatic heterocycles. The number of amides is 1. The summed E-state index contributed by atoms with van der Waals surface area (Å²) < 4.78 is 6.79. The number of aryl methyl sites for hydroxylation is 1. The molecule has 0 saturated heterocycles. The number of carbonyl (C=O) groups is 2. The minimum absolute atomic E-state index is 0.192. The van der Waals surface area contributed by atoms with E-state index in [9.17, 15) is 14.4 Å². The Kier molecular flexibility index (Phi) is 7.54.